The van der Waals surface area contributed by atoms with Crippen LogP contribution in [0.15, 0.2) is 42.7 Å². The maximum Gasteiger partial charge on any atom is 0.316 e. The predicted octanol–water partition coefficient (Wildman–Crippen LogP) is 4.88. The molecule has 1 N–H and O–H groups in total. The second-order valence-electron chi connectivity index (χ2n) is 9.22. The van der Waals surface area contributed by atoms with Crippen LogP contribution in [0.25, 0.3) is 11.1 Å². The van der Waals surface area contributed by atoms with Gasteiger partial charge in [0.25, 0.3) is 5.91 Å². The topological polar surface area (TPSA) is 95.0 Å². The number of nitrogens with zero attached hydrogens (tertiary/aromatic N) is 3. The SMILES string of the molecule is COc1cc(-c2cnc(OCC(=O)NCC3CCCN(Cc4cccc(Cl)c4Cl)C3)nc2)cc(OC)c1OC. The monoisotopic (exact) mass is 574 g/mol. The van der Waals surface area contributed by atoms with E-state index in [4.69, 9.17) is 42.1 Å². The first-order valence-corrected chi connectivity index (χ1v) is 13.3. The van der Waals surface area contributed by atoms with Crippen LogP contribution >= 0.6 is 23.2 Å². The number of aromatic nitrogens is 2. The summed E-state index contributed by atoms with van der Waals surface area (Å²) in [6.07, 6.45) is 5.33. The van der Waals surface area contributed by atoms with Crippen LogP contribution in [0, 0.1) is 5.92 Å². The van der Waals surface area contributed by atoms with Crippen molar-refractivity contribution in [3.63, 3.8) is 0 Å². The molecule has 39 heavy (non-hydrogen) atoms. The minimum atomic E-state index is -0.220. The number of carbonyl (C=O) groups excluding carboxylic acids is 1. The molecule has 208 valence electrons. The number of nitrogens with one attached hydrogen (secondary N) is 1. The van der Waals surface area contributed by atoms with E-state index in [1.807, 2.05) is 24.3 Å². The Labute approximate surface area is 238 Å². The quantitative estimate of drug-likeness (QED) is 0.346. The van der Waals surface area contributed by atoms with Crippen molar-refractivity contribution in [3.05, 3.63) is 58.3 Å². The summed E-state index contributed by atoms with van der Waals surface area (Å²) >= 11 is 12.5. The van der Waals surface area contributed by atoms with E-state index >= 15 is 0 Å². The molecule has 1 fully saturated rings. The van der Waals surface area contributed by atoms with E-state index in [9.17, 15) is 4.79 Å². The lowest BCUT2D eigenvalue weighted by Crippen LogP contribution is -2.41. The average molecular weight is 575 g/mol. The van der Waals surface area contributed by atoms with E-state index in [1.165, 1.54) is 0 Å². The molecule has 1 atom stereocenters. The van der Waals surface area contributed by atoms with Crippen molar-refractivity contribution in [3.8, 4) is 34.4 Å². The van der Waals surface area contributed by atoms with Crippen LogP contribution in [0.3, 0.4) is 0 Å². The Hall–Kier alpha value is -3.27. The van der Waals surface area contributed by atoms with Gasteiger partial charge in [0.1, 0.15) is 0 Å². The molecule has 4 rings (SSSR count). The first-order chi connectivity index (χ1) is 18.9. The number of methoxy groups -OCH3 is 3. The van der Waals surface area contributed by atoms with Crippen molar-refractivity contribution >= 4 is 29.1 Å². The van der Waals surface area contributed by atoms with Gasteiger partial charge in [-0.2, -0.15) is 0 Å². The molecule has 2 aromatic carbocycles. The highest BCUT2D eigenvalue weighted by atomic mass is 35.5. The van der Waals surface area contributed by atoms with Gasteiger partial charge in [-0.05, 0) is 54.6 Å². The normalized spacial score (nSPS) is 15.5. The third kappa shape index (κ3) is 7.44. The number of likely N-dealkylation sites (tertiary alicyclic amines) is 1. The first-order valence-electron chi connectivity index (χ1n) is 12.6. The summed E-state index contributed by atoms with van der Waals surface area (Å²) < 4.78 is 21.7. The molecule has 1 amide bonds. The van der Waals surface area contributed by atoms with Crippen molar-refractivity contribution in [2.75, 3.05) is 47.6 Å². The van der Waals surface area contributed by atoms with Crippen molar-refractivity contribution in [1.29, 1.82) is 0 Å². The zero-order valence-corrected chi connectivity index (χ0v) is 23.7. The zero-order valence-electron chi connectivity index (χ0n) is 22.2. The third-order valence-electron chi connectivity index (χ3n) is 6.58. The zero-order chi connectivity index (χ0) is 27.8. The molecule has 3 aromatic rings. The van der Waals surface area contributed by atoms with Gasteiger partial charge in [-0.3, -0.25) is 9.69 Å². The van der Waals surface area contributed by atoms with E-state index in [1.54, 1.807) is 39.8 Å². The third-order valence-corrected chi connectivity index (χ3v) is 7.43. The van der Waals surface area contributed by atoms with Gasteiger partial charge in [0.2, 0.25) is 5.75 Å². The van der Waals surface area contributed by atoms with Crippen molar-refractivity contribution in [2.45, 2.75) is 19.4 Å². The molecule has 1 aliphatic heterocycles. The van der Waals surface area contributed by atoms with Gasteiger partial charge in [-0.15, -0.1) is 0 Å². The van der Waals surface area contributed by atoms with Crippen LogP contribution in [0.1, 0.15) is 18.4 Å². The molecular weight excluding hydrogens is 543 g/mol. The van der Waals surface area contributed by atoms with E-state index in [0.717, 1.165) is 49.2 Å². The van der Waals surface area contributed by atoms with Gasteiger partial charge in [-0.1, -0.05) is 35.3 Å². The van der Waals surface area contributed by atoms with Gasteiger partial charge in [0.15, 0.2) is 18.1 Å². The number of amides is 1. The fourth-order valence-corrected chi connectivity index (χ4v) is 4.98. The lowest BCUT2D eigenvalue weighted by atomic mass is 9.97. The minimum absolute atomic E-state index is 0.114. The maximum absolute atomic E-state index is 12.4. The number of ether oxygens (including phenoxy) is 4. The van der Waals surface area contributed by atoms with Crippen LogP contribution in [-0.4, -0.2) is 68.3 Å². The van der Waals surface area contributed by atoms with E-state index in [0.29, 0.717) is 39.8 Å². The maximum atomic E-state index is 12.4. The molecule has 0 radical (unpaired) electrons. The highest BCUT2D eigenvalue weighted by Crippen LogP contribution is 2.41. The molecule has 0 bridgehead atoms. The fourth-order valence-electron chi connectivity index (χ4n) is 4.60. The predicted molar refractivity (Wildman–Crippen MR) is 150 cm³/mol. The molecular formula is C28H32Cl2N4O5. The lowest BCUT2D eigenvalue weighted by molar-refractivity contribution is -0.123. The summed E-state index contributed by atoms with van der Waals surface area (Å²) in [7, 11) is 4.66. The Balaban J connectivity index is 1.26. The standard InChI is InChI=1S/C28H32Cl2N4O5/c1-36-23-10-20(11-24(37-2)27(23)38-3)21-13-32-28(33-14-21)39-17-25(35)31-12-18-6-5-9-34(15-18)16-19-7-4-8-22(29)26(19)30/h4,7-8,10-11,13-14,18H,5-6,9,12,15-17H2,1-3H3,(H,31,35). The van der Waals surface area contributed by atoms with Gasteiger partial charge < -0.3 is 24.3 Å². The highest BCUT2D eigenvalue weighted by Gasteiger charge is 2.22. The van der Waals surface area contributed by atoms with Gasteiger partial charge >= 0.3 is 6.01 Å². The summed E-state index contributed by atoms with van der Waals surface area (Å²) in [6, 6.07) is 9.43. The molecule has 2 heterocycles. The molecule has 0 spiro atoms. The van der Waals surface area contributed by atoms with E-state index < -0.39 is 0 Å². The molecule has 1 unspecified atom stereocenters. The fraction of sp³-hybridized carbons (Fsp3) is 0.393. The van der Waals surface area contributed by atoms with Crippen LogP contribution in [0.2, 0.25) is 10.0 Å². The number of hydrogen-bond acceptors (Lipinski definition) is 8. The Bertz CT molecular complexity index is 1250. The smallest absolute Gasteiger partial charge is 0.316 e. The Morgan fingerprint density at radius 2 is 1.77 bits per heavy atom. The number of benzene rings is 2. The molecule has 1 aliphatic rings. The molecule has 0 aliphatic carbocycles. The van der Waals surface area contributed by atoms with Crippen LogP contribution in [-0.2, 0) is 11.3 Å². The van der Waals surface area contributed by atoms with Gasteiger partial charge in [0, 0.05) is 37.6 Å². The summed E-state index contributed by atoms with van der Waals surface area (Å²) in [5, 5.41) is 4.13. The lowest BCUT2D eigenvalue weighted by Gasteiger charge is -2.33. The second-order valence-corrected chi connectivity index (χ2v) is 10.0. The van der Waals surface area contributed by atoms with Crippen molar-refractivity contribution in [1.82, 2.24) is 20.2 Å². The van der Waals surface area contributed by atoms with Crippen molar-refractivity contribution in [2.24, 2.45) is 5.92 Å². The highest BCUT2D eigenvalue weighted by molar-refractivity contribution is 6.42. The molecule has 1 saturated heterocycles. The van der Waals surface area contributed by atoms with E-state index in [2.05, 4.69) is 20.2 Å². The molecule has 1 aromatic heterocycles. The van der Waals surface area contributed by atoms with Crippen LogP contribution < -0.4 is 24.3 Å². The summed E-state index contributed by atoms with van der Waals surface area (Å²) in [5.41, 5.74) is 2.53. The van der Waals surface area contributed by atoms with Gasteiger partial charge in [-0.25, -0.2) is 9.97 Å². The molecule has 9 nitrogen and oxygen atoms in total. The minimum Gasteiger partial charge on any atom is -0.493 e. The van der Waals surface area contributed by atoms with Crippen LogP contribution in [0.5, 0.6) is 23.3 Å². The Morgan fingerprint density at radius 3 is 2.44 bits per heavy atom. The Morgan fingerprint density at radius 1 is 1.05 bits per heavy atom. The Kier molecular flexibility index (Phi) is 10.1. The summed E-state index contributed by atoms with van der Waals surface area (Å²) in [5.74, 6) is 1.68. The summed E-state index contributed by atoms with van der Waals surface area (Å²) in [6.45, 7) is 2.99. The molecule has 11 heteroatoms. The number of piperidine rings is 1. The van der Waals surface area contributed by atoms with Crippen LogP contribution in [0.4, 0.5) is 0 Å². The number of hydrogen-bond donors (Lipinski definition) is 1. The largest absolute Gasteiger partial charge is 0.493 e. The van der Waals surface area contributed by atoms with Crippen molar-refractivity contribution < 1.29 is 23.7 Å². The molecule has 0 saturated carbocycles. The summed E-state index contributed by atoms with van der Waals surface area (Å²) in [4.78, 5) is 23.3. The number of halogens is 2. The first kappa shape index (κ1) is 28.7. The average Bonchev–Trinajstić information content (AvgIpc) is 2.97. The number of rotatable bonds is 11. The van der Waals surface area contributed by atoms with Gasteiger partial charge in [0.05, 0.1) is 31.4 Å². The number of carbonyl (C=O) groups is 1. The van der Waals surface area contributed by atoms with E-state index in [-0.39, 0.29) is 18.5 Å². The second kappa shape index (κ2) is 13.7.